The molecule has 0 saturated heterocycles. The summed E-state index contributed by atoms with van der Waals surface area (Å²) in [5.74, 6) is 0.108. The van der Waals surface area contributed by atoms with Gasteiger partial charge < -0.3 is 15.5 Å². The molecule has 1 aromatic heterocycles. The Balaban J connectivity index is 1.41. The van der Waals surface area contributed by atoms with Gasteiger partial charge in [0.25, 0.3) is 0 Å². The van der Waals surface area contributed by atoms with E-state index in [1.54, 1.807) is 11.0 Å². The molecule has 5 rings (SSSR count). The number of alkyl halides is 3. The first-order chi connectivity index (χ1) is 18.9. The van der Waals surface area contributed by atoms with Gasteiger partial charge in [-0.15, -0.1) is 0 Å². The lowest BCUT2D eigenvalue weighted by Crippen LogP contribution is -2.50. The third-order valence-corrected chi connectivity index (χ3v) is 7.46. The minimum Gasteiger partial charge on any atom is -0.352 e. The third kappa shape index (κ3) is 6.13. The molecule has 0 radical (unpaired) electrons. The Bertz CT molecular complexity index is 1420. The van der Waals surface area contributed by atoms with Gasteiger partial charge in [0.15, 0.2) is 0 Å². The molecule has 1 saturated carbocycles. The molecular weight excluding hydrogens is 517 g/mol. The molecule has 3 aromatic rings. The molecular formula is C31H33F3N4O2. The number of hydrogen-bond acceptors (Lipinski definition) is 3. The van der Waals surface area contributed by atoms with Crippen LogP contribution in [0, 0.1) is 5.92 Å². The molecule has 0 bridgehead atoms. The van der Waals surface area contributed by atoms with Crippen LogP contribution in [-0.4, -0.2) is 33.9 Å². The molecule has 2 atom stereocenters. The van der Waals surface area contributed by atoms with E-state index < -0.39 is 17.3 Å². The van der Waals surface area contributed by atoms with Crippen molar-refractivity contribution in [1.29, 1.82) is 0 Å². The molecule has 9 heteroatoms. The summed E-state index contributed by atoms with van der Waals surface area (Å²) >= 11 is 0. The lowest BCUT2D eigenvalue weighted by atomic mass is 9.87. The summed E-state index contributed by atoms with van der Waals surface area (Å²) in [4.78, 5) is 31.5. The largest absolute Gasteiger partial charge is 0.417 e. The van der Waals surface area contributed by atoms with Crippen molar-refractivity contribution in [2.45, 2.75) is 64.3 Å². The van der Waals surface area contributed by atoms with Crippen molar-refractivity contribution < 1.29 is 22.8 Å². The van der Waals surface area contributed by atoms with Crippen LogP contribution in [0.4, 0.5) is 18.0 Å². The maximum absolute atomic E-state index is 13.4. The molecule has 2 aliphatic rings. The van der Waals surface area contributed by atoms with E-state index in [2.05, 4.69) is 15.6 Å². The van der Waals surface area contributed by atoms with Crippen LogP contribution in [0.25, 0.3) is 11.1 Å². The molecule has 3 amide bonds. The maximum atomic E-state index is 13.4. The van der Waals surface area contributed by atoms with Crippen molar-refractivity contribution in [2.75, 3.05) is 6.54 Å². The Morgan fingerprint density at radius 2 is 1.77 bits per heavy atom. The predicted octanol–water partition coefficient (Wildman–Crippen LogP) is 6.05. The first kappa shape index (κ1) is 27.7. The molecule has 2 aromatic carbocycles. The fourth-order valence-corrected chi connectivity index (χ4v) is 5.36. The number of nitrogens with one attached hydrogen (secondary N) is 2. The Hall–Kier alpha value is -3.88. The van der Waals surface area contributed by atoms with Crippen molar-refractivity contribution in [3.63, 3.8) is 0 Å². The maximum Gasteiger partial charge on any atom is 0.417 e. The van der Waals surface area contributed by atoms with Crippen LogP contribution < -0.4 is 10.6 Å². The standard InChI is InChI=1S/C31H33F3N4O2/c1-30(2,3)37-29(40)38-12-11-24-23(21-13-22(17-35-15-21)31(32,33)34)10-9-20(27(24)18-38)16-36-28(39)26-14-25(26)19-7-5-4-6-8-19/h4-10,13,15,17,25-26H,11-12,14,16,18H2,1-3H3,(H,36,39)(H,37,40). The number of hydrogen-bond donors (Lipinski definition) is 2. The summed E-state index contributed by atoms with van der Waals surface area (Å²) in [7, 11) is 0. The van der Waals surface area contributed by atoms with Crippen molar-refractivity contribution >= 4 is 11.9 Å². The first-order valence-electron chi connectivity index (χ1n) is 13.5. The van der Waals surface area contributed by atoms with Gasteiger partial charge in [-0.3, -0.25) is 9.78 Å². The topological polar surface area (TPSA) is 74.3 Å². The fourth-order valence-electron chi connectivity index (χ4n) is 5.36. The van der Waals surface area contributed by atoms with E-state index in [-0.39, 0.29) is 30.3 Å². The van der Waals surface area contributed by atoms with Crippen LogP contribution in [0.1, 0.15) is 60.9 Å². The van der Waals surface area contributed by atoms with E-state index in [0.717, 1.165) is 40.9 Å². The third-order valence-electron chi connectivity index (χ3n) is 7.46. The lowest BCUT2D eigenvalue weighted by molar-refractivity contribution is -0.137. The number of rotatable bonds is 5. The van der Waals surface area contributed by atoms with E-state index in [9.17, 15) is 22.8 Å². The summed E-state index contributed by atoms with van der Waals surface area (Å²) in [6, 6.07) is 14.5. The molecule has 2 heterocycles. The monoisotopic (exact) mass is 550 g/mol. The quantitative estimate of drug-likeness (QED) is 0.406. The second kappa shape index (κ2) is 10.6. The highest BCUT2D eigenvalue weighted by atomic mass is 19.4. The van der Waals surface area contributed by atoms with Gasteiger partial charge in [-0.05, 0) is 73.4 Å². The molecule has 0 spiro atoms. The van der Waals surface area contributed by atoms with Gasteiger partial charge in [-0.2, -0.15) is 13.2 Å². The van der Waals surface area contributed by atoms with Crippen molar-refractivity contribution in [3.05, 3.63) is 88.7 Å². The predicted molar refractivity (Wildman–Crippen MR) is 146 cm³/mol. The Kier molecular flexibility index (Phi) is 7.33. The number of aromatic nitrogens is 1. The average Bonchev–Trinajstić information content (AvgIpc) is 3.72. The highest BCUT2D eigenvalue weighted by molar-refractivity contribution is 5.83. The number of carbonyl (C=O) groups is 2. The summed E-state index contributed by atoms with van der Waals surface area (Å²) in [6.07, 6.45) is -0.981. The zero-order valence-electron chi connectivity index (χ0n) is 22.8. The SMILES string of the molecule is CC(C)(C)NC(=O)N1CCc2c(-c3cncc(C(F)(F)F)c3)ccc(CNC(=O)C3CC3c3ccccc3)c2C1. The van der Waals surface area contributed by atoms with Gasteiger partial charge in [0.2, 0.25) is 5.91 Å². The van der Waals surface area contributed by atoms with Crippen LogP contribution >= 0.6 is 0 Å². The smallest absolute Gasteiger partial charge is 0.352 e. The molecule has 1 fully saturated rings. The van der Waals surface area contributed by atoms with Crippen molar-refractivity contribution in [3.8, 4) is 11.1 Å². The van der Waals surface area contributed by atoms with E-state index >= 15 is 0 Å². The number of pyridine rings is 1. The average molecular weight is 551 g/mol. The fraction of sp³-hybridized carbons (Fsp3) is 0.387. The van der Waals surface area contributed by atoms with Crippen molar-refractivity contribution in [2.24, 2.45) is 5.92 Å². The minimum atomic E-state index is -4.50. The summed E-state index contributed by atoms with van der Waals surface area (Å²) in [6.45, 7) is 6.70. The summed E-state index contributed by atoms with van der Waals surface area (Å²) in [5, 5.41) is 6.05. The van der Waals surface area contributed by atoms with Crippen LogP contribution in [0.15, 0.2) is 60.9 Å². The molecule has 1 aliphatic carbocycles. The van der Waals surface area contributed by atoms with E-state index in [0.29, 0.717) is 30.6 Å². The molecule has 6 nitrogen and oxygen atoms in total. The number of halogens is 3. The van der Waals surface area contributed by atoms with Crippen LogP contribution in [0.2, 0.25) is 0 Å². The molecule has 210 valence electrons. The van der Waals surface area contributed by atoms with Crippen LogP contribution in [-0.2, 0) is 30.5 Å². The van der Waals surface area contributed by atoms with Gasteiger partial charge >= 0.3 is 12.2 Å². The van der Waals surface area contributed by atoms with Gasteiger partial charge in [0, 0.05) is 49.0 Å². The van der Waals surface area contributed by atoms with Gasteiger partial charge in [-0.25, -0.2) is 4.79 Å². The zero-order valence-corrected chi connectivity index (χ0v) is 22.8. The first-order valence-corrected chi connectivity index (χ1v) is 13.5. The number of carbonyl (C=O) groups excluding carboxylic acids is 2. The van der Waals surface area contributed by atoms with Crippen LogP contribution in [0.5, 0.6) is 0 Å². The molecule has 1 aliphatic heterocycles. The molecule has 40 heavy (non-hydrogen) atoms. The Morgan fingerprint density at radius 3 is 2.48 bits per heavy atom. The zero-order chi connectivity index (χ0) is 28.7. The normalized spacial score (nSPS) is 18.6. The number of benzene rings is 2. The van der Waals surface area contributed by atoms with E-state index in [1.165, 1.54) is 6.20 Å². The second-order valence-corrected chi connectivity index (χ2v) is 11.6. The van der Waals surface area contributed by atoms with Crippen molar-refractivity contribution in [1.82, 2.24) is 20.5 Å². The van der Waals surface area contributed by atoms with Gasteiger partial charge in [0.1, 0.15) is 0 Å². The number of urea groups is 1. The number of fused-ring (bicyclic) bond motifs is 1. The molecule has 2 N–H and O–H groups in total. The highest BCUT2D eigenvalue weighted by Gasteiger charge is 2.43. The number of nitrogens with zero attached hydrogens (tertiary/aromatic N) is 2. The van der Waals surface area contributed by atoms with E-state index in [1.807, 2.05) is 57.2 Å². The Labute approximate surface area is 232 Å². The van der Waals surface area contributed by atoms with E-state index in [4.69, 9.17) is 0 Å². The van der Waals surface area contributed by atoms with Crippen LogP contribution in [0.3, 0.4) is 0 Å². The summed E-state index contributed by atoms with van der Waals surface area (Å²) in [5.41, 5.74) is 3.52. The molecule has 2 unspecified atom stereocenters. The Morgan fingerprint density at radius 1 is 1.02 bits per heavy atom. The number of amides is 3. The highest BCUT2D eigenvalue weighted by Crippen LogP contribution is 2.47. The van der Waals surface area contributed by atoms with Gasteiger partial charge in [-0.1, -0.05) is 42.5 Å². The minimum absolute atomic E-state index is 0.0214. The van der Waals surface area contributed by atoms with Gasteiger partial charge in [0.05, 0.1) is 5.56 Å². The second-order valence-electron chi connectivity index (χ2n) is 11.6. The lowest BCUT2D eigenvalue weighted by Gasteiger charge is -2.34. The summed E-state index contributed by atoms with van der Waals surface area (Å²) < 4.78 is 40.2.